The predicted molar refractivity (Wildman–Crippen MR) is 55.1 cm³/mol. The number of rotatable bonds is 9. The van der Waals surface area contributed by atoms with Crippen LogP contribution in [0.2, 0.25) is 0 Å². The van der Waals surface area contributed by atoms with Gasteiger partial charge in [0.25, 0.3) is 0 Å². The lowest BCUT2D eigenvalue weighted by molar-refractivity contribution is 0.177. The molecule has 1 atom stereocenters. The van der Waals surface area contributed by atoms with Crippen LogP contribution in [0.15, 0.2) is 12.7 Å². The molecular formula is C9H19O2P. The first-order valence-corrected chi connectivity index (χ1v) is 5.48. The monoisotopic (exact) mass is 190 g/mol. The summed E-state index contributed by atoms with van der Waals surface area (Å²) in [6, 6.07) is 0. The van der Waals surface area contributed by atoms with Crippen molar-refractivity contribution < 1.29 is 9.26 Å². The third-order valence-corrected chi connectivity index (χ3v) is 2.35. The number of unbranched alkanes of at least 4 members (excludes halogenated alkanes) is 1. The summed E-state index contributed by atoms with van der Waals surface area (Å²) in [5.74, 6) is 0. The maximum absolute atomic E-state index is 5.40. The lowest BCUT2D eigenvalue weighted by atomic mass is 10.3. The minimum atomic E-state index is 0.650. The van der Waals surface area contributed by atoms with Gasteiger partial charge in [0.2, 0.25) is 0 Å². The topological polar surface area (TPSA) is 18.5 Å². The Kier molecular flexibility index (Phi) is 11.2. The highest BCUT2D eigenvalue weighted by Gasteiger charge is 1.88. The minimum Gasteiger partial charge on any atom is -0.385 e. The third kappa shape index (κ3) is 10.1. The van der Waals surface area contributed by atoms with Crippen LogP contribution in [0.4, 0.5) is 0 Å². The van der Waals surface area contributed by atoms with Crippen molar-refractivity contribution in [1.29, 1.82) is 0 Å². The molecule has 0 radical (unpaired) electrons. The zero-order valence-corrected chi connectivity index (χ0v) is 8.84. The number of methoxy groups -OCH3 is 1. The van der Waals surface area contributed by atoms with Gasteiger partial charge in [0.15, 0.2) is 0 Å². The first-order chi connectivity index (χ1) is 5.91. The molecule has 0 aliphatic carbocycles. The van der Waals surface area contributed by atoms with Crippen LogP contribution in [-0.4, -0.2) is 26.5 Å². The SMILES string of the molecule is C=CCCCPOCCCOC. The Morgan fingerprint density at radius 2 is 2.17 bits per heavy atom. The number of hydrogen-bond acceptors (Lipinski definition) is 2. The molecule has 1 unspecified atom stereocenters. The molecule has 0 saturated carbocycles. The molecule has 0 aromatic rings. The molecule has 0 spiro atoms. The van der Waals surface area contributed by atoms with Crippen LogP contribution < -0.4 is 0 Å². The van der Waals surface area contributed by atoms with Crippen molar-refractivity contribution in [3.05, 3.63) is 12.7 Å². The van der Waals surface area contributed by atoms with Gasteiger partial charge in [-0.2, -0.15) is 0 Å². The van der Waals surface area contributed by atoms with E-state index in [-0.39, 0.29) is 0 Å². The second kappa shape index (κ2) is 11.1. The van der Waals surface area contributed by atoms with E-state index in [9.17, 15) is 0 Å². The summed E-state index contributed by atoms with van der Waals surface area (Å²) in [5.41, 5.74) is 0. The highest BCUT2D eigenvalue weighted by molar-refractivity contribution is 7.32. The molecule has 0 aromatic heterocycles. The van der Waals surface area contributed by atoms with E-state index < -0.39 is 0 Å². The van der Waals surface area contributed by atoms with Crippen molar-refractivity contribution in [2.45, 2.75) is 19.3 Å². The lowest BCUT2D eigenvalue weighted by Crippen LogP contribution is -1.93. The fourth-order valence-electron chi connectivity index (χ4n) is 0.738. The highest BCUT2D eigenvalue weighted by Crippen LogP contribution is 2.14. The van der Waals surface area contributed by atoms with E-state index in [4.69, 9.17) is 9.26 Å². The van der Waals surface area contributed by atoms with Gasteiger partial charge in [-0.05, 0) is 25.4 Å². The normalized spacial score (nSPS) is 11.1. The number of allylic oxidation sites excluding steroid dienone is 1. The van der Waals surface area contributed by atoms with E-state index in [1.54, 1.807) is 7.11 Å². The molecule has 0 fully saturated rings. The molecule has 0 rings (SSSR count). The Morgan fingerprint density at radius 1 is 1.33 bits per heavy atom. The highest BCUT2D eigenvalue weighted by atomic mass is 31.1. The van der Waals surface area contributed by atoms with Crippen molar-refractivity contribution in [2.24, 2.45) is 0 Å². The van der Waals surface area contributed by atoms with Gasteiger partial charge in [-0.25, -0.2) is 0 Å². The largest absolute Gasteiger partial charge is 0.385 e. The Hall–Kier alpha value is 0.0900. The summed E-state index contributed by atoms with van der Waals surface area (Å²) in [6.45, 7) is 5.30. The lowest BCUT2D eigenvalue weighted by Gasteiger charge is -2.02. The summed E-state index contributed by atoms with van der Waals surface area (Å²) in [7, 11) is 2.36. The molecule has 0 heterocycles. The van der Waals surface area contributed by atoms with Gasteiger partial charge in [-0.15, -0.1) is 6.58 Å². The summed E-state index contributed by atoms with van der Waals surface area (Å²) < 4.78 is 10.3. The second-order valence-corrected chi connectivity index (χ2v) is 3.60. The Labute approximate surface area is 77.2 Å². The van der Waals surface area contributed by atoms with Gasteiger partial charge in [0.05, 0.1) is 6.61 Å². The molecule has 0 aromatic carbocycles. The standard InChI is InChI=1S/C9H19O2P/c1-3-4-5-9-12-11-8-6-7-10-2/h3,12H,1,4-9H2,2H3. The summed E-state index contributed by atoms with van der Waals surface area (Å²) in [4.78, 5) is 0. The van der Waals surface area contributed by atoms with E-state index in [2.05, 4.69) is 6.58 Å². The maximum Gasteiger partial charge on any atom is 0.0527 e. The zero-order valence-electron chi connectivity index (χ0n) is 7.84. The molecular weight excluding hydrogens is 171 g/mol. The van der Waals surface area contributed by atoms with Crippen molar-refractivity contribution in [3.8, 4) is 0 Å². The quantitative estimate of drug-likeness (QED) is 0.316. The molecule has 0 aliphatic heterocycles. The smallest absolute Gasteiger partial charge is 0.0527 e. The average Bonchev–Trinajstić information content (AvgIpc) is 2.10. The van der Waals surface area contributed by atoms with Crippen LogP contribution in [0.5, 0.6) is 0 Å². The van der Waals surface area contributed by atoms with Gasteiger partial charge >= 0.3 is 0 Å². The van der Waals surface area contributed by atoms with Crippen molar-refractivity contribution in [1.82, 2.24) is 0 Å². The Balaban J connectivity index is 2.77. The van der Waals surface area contributed by atoms with Gasteiger partial charge < -0.3 is 9.26 Å². The molecule has 72 valence electrons. The fraction of sp³-hybridized carbons (Fsp3) is 0.778. The predicted octanol–water partition coefficient (Wildman–Crippen LogP) is 2.60. The van der Waals surface area contributed by atoms with Crippen LogP contribution >= 0.6 is 8.81 Å². The molecule has 0 N–H and O–H groups in total. The van der Waals surface area contributed by atoms with Crippen molar-refractivity contribution in [2.75, 3.05) is 26.5 Å². The molecule has 0 bridgehead atoms. The summed E-state index contributed by atoms with van der Waals surface area (Å²) in [5, 5.41) is 0. The van der Waals surface area contributed by atoms with Crippen molar-refractivity contribution >= 4 is 8.81 Å². The molecule has 3 heteroatoms. The van der Waals surface area contributed by atoms with Gasteiger partial charge in [0, 0.05) is 22.5 Å². The zero-order chi connectivity index (χ0) is 9.07. The first-order valence-electron chi connectivity index (χ1n) is 4.36. The molecule has 0 amide bonds. The molecule has 0 aliphatic rings. The maximum atomic E-state index is 5.40. The van der Waals surface area contributed by atoms with E-state index in [1.807, 2.05) is 6.08 Å². The van der Waals surface area contributed by atoms with E-state index in [0.717, 1.165) is 26.1 Å². The van der Waals surface area contributed by atoms with E-state index in [1.165, 1.54) is 12.6 Å². The minimum absolute atomic E-state index is 0.650. The fourth-order valence-corrected chi connectivity index (χ4v) is 1.52. The summed E-state index contributed by atoms with van der Waals surface area (Å²) in [6.07, 6.45) is 6.43. The van der Waals surface area contributed by atoms with Crippen molar-refractivity contribution in [3.63, 3.8) is 0 Å². The van der Waals surface area contributed by atoms with Gasteiger partial charge in [-0.3, -0.25) is 0 Å². The molecule has 0 saturated heterocycles. The number of ether oxygens (including phenoxy) is 1. The van der Waals surface area contributed by atoms with Crippen LogP contribution in [0, 0.1) is 0 Å². The third-order valence-electron chi connectivity index (χ3n) is 1.38. The van der Waals surface area contributed by atoms with Crippen LogP contribution in [0.25, 0.3) is 0 Å². The Bertz CT molecular complexity index is 96.5. The average molecular weight is 190 g/mol. The first kappa shape index (κ1) is 12.1. The second-order valence-electron chi connectivity index (χ2n) is 2.52. The van der Waals surface area contributed by atoms with Crippen LogP contribution in [-0.2, 0) is 9.26 Å². The summed E-state index contributed by atoms with van der Waals surface area (Å²) >= 11 is 0. The molecule has 12 heavy (non-hydrogen) atoms. The number of hydrogen-bond donors (Lipinski definition) is 0. The van der Waals surface area contributed by atoms with Crippen LogP contribution in [0.1, 0.15) is 19.3 Å². The Morgan fingerprint density at radius 3 is 2.83 bits per heavy atom. The molecule has 2 nitrogen and oxygen atoms in total. The van der Waals surface area contributed by atoms with E-state index >= 15 is 0 Å². The van der Waals surface area contributed by atoms with Gasteiger partial charge in [-0.1, -0.05) is 6.08 Å². The van der Waals surface area contributed by atoms with Gasteiger partial charge in [0.1, 0.15) is 0 Å². The van der Waals surface area contributed by atoms with E-state index in [0.29, 0.717) is 8.81 Å². The van der Waals surface area contributed by atoms with Crippen LogP contribution in [0.3, 0.4) is 0 Å².